The van der Waals surface area contributed by atoms with Gasteiger partial charge in [-0.3, -0.25) is 0 Å². The van der Waals surface area contributed by atoms with Crippen LogP contribution < -0.4 is 14.2 Å². The molecule has 2 heterocycles. The van der Waals surface area contributed by atoms with E-state index >= 15 is 0 Å². The van der Waals surface area contributed by atoms with Crippen LogP contribution in [0.3, 0.4) is 0 Å². The predicted octanol–water partition coefficient (Wildman–Crippen LogP) is 1.34. The summed E-state index contributed by atoms with van der Waals surface area (Å²) >= 11 is 5.77. The smallest absolute Gasteiger partial charge is 0.267 e. The molecule has 0 aliphatic rings. The summed E-state index contributed by atoms with van der Waals surface area (Å²) in [5.74, 6) is 0.0970. The first-order chi connectivity index (χ1) is 9.96. The van der Waals surface area contributed by atoms with Crippen molar-refractivity contribution in [2.24, 2.45) is 0 Å². The van der Waals surface area contributed by atoms with E-state index in [1.165, 1.54) is 38.6 Å². The van der Waals surface area contributed by atoms with Crippen LogP contribution in [0.4, 0.5) is 5.95 Å². The Morgan fingerprint density at radius 1 is 1.19 bits per heavy atom. The lowest BCUT2D eigenvalue weighted by Crippen LogP contribution is -2.16. The average molecular weight is 331 g/mol. The number of sulfonamides is 1. The van der Waals surface area contributed by atoms with E-state index in [0.29, 0.717) is 0 Å². The summed E-state index contributed by atoms with van der Waals surface area (Å²) in [7, 11) is -1.20. The standard InChI is InChI=1S/C11H11ClN4O4S/c1-19-8-6-9(20-2)15-11(14-8)16-21(17,18)7-4-3-5-13-10(7)12/h3-6H,1-2H3,(H,14,15,16). The predicted molar refractivity (Wildman–Crippen MR) is 75.2 cm³/mol. The molecule has 8 nitrogen and oxygen atoms in total. The Labute approximate surface area is 126 Å². The quantitative estimate of drug-likeness (QED) is 0.825. The molecule has 0 radical (unpaired) electrons. The summed E-state index contributed by atoms with van der Waals surface area (Å²) < 4.78 is 36.5. The summed E-state index contributed by atoms with van der Waals surface area (Å²) in [6.45, 7) is 0. The number of aromatic nitrogens is 3. The minimum Gasteiger partial charge on any atom is -0.481 e. The summed E-state index contributed by atoms with van der Waals surface area (Å²) in [4.78, 5) is 11.3. The van der Waals surface area contributed by atoms with Crippen molar-refractivity contribution in [3.05, 3.63) is 29.5 Å². The molecule has 0 aliphatic heterocycles. The van der Waals surface area contributed by atoms with Crippen molar-refractivity contribution in [2.75, 3.05) is 18.9 Å². The van der Waals surface area contributed by atoms with Gasteiger partial charge < -0.3 is 9.47 Å². The van der Waals surface area contributed by atoms with Crippen molar-refractivity contribution < 1.29 is 17.9 Å². The molecule has 0 atom stereocenters. The molecule has 0 fully saturated rings. The Morgan fingerprint density at radius 3 is 2.33 bits per heavy atom. The Bertz CT molecular complexity index is 731. The van der Waals surface area contributed by atoms with Gasteiger partial charge in [0.2, 0.25) is 17.7 Å². The van der Waals surface area contributed by atoms with Crippen LogP contribution in [-0.4, -0.2) is 37.6 Å². The summed E-state index contributed by atoms with van der Waals surface area (Å²) in [6.07, 6.45) is 1.38. The van der Waals surface area contributed by atoms with E-state index in [1.54, 1.807) is 0 Å². The van der Waals surface area contributed by atoms with Crippen LogP contribution in [0.2, 0.25) is 5.15 Å². The van der Waals surface area contributed by atoms with Crippen LogP contribution in [0.15, 0.2) is 29.3 Å². The van der Waals surface area contributed by atoms with E-state index in [4.69, 9.17) is 21.1 Å². The van der Waals surface area contributed by atoms with Crippen molar-refractivity contribution in [3.63, 3.8) is 0 Å². The Balaban J connectivity index is 2.39. The normalized spacial score (nSPS) is 11.0. The first-order valence-electron chi connectivity index (χ1n) is 5.56. The first kappa shape index (κ1) is 15.3. The Morgan fingerprint density at radius 2 is 1.81 bits per heavy atom. The number of nitrogens with one attached hydrogen (secondary N) is 1. The maximum absolute atomic E-state index is 12.2. The van der Waals surface area contributed by atoms with E-state index in [0.717, 1.165) is 0 Å². The molecule has 2 rings (SSSR count). The molecule has 0 aromatic carbocycles. The van der Waals surface area contributed by atoms with Crippen LogP contribution in [-0.2, 0) is 10.0 Å². The van der Waals surface area contributed by atoms with Crippen molar-refractivity contribution in [1.29, 1.82) is 0 Å². The van der Waals surface area contributed by atoms with Gasteiger partial charge in [-0.2, -0.15) is 9.97 Å². The minimum atomic E-state index is -3.97. The maximum Gasteiger partial charge on any atom is 0.267 e. The summed E-state index contributed by atoms with van der Waals surface area (Å²) in [5, 5.41) is -0.153. The molecule has 0 unspecified atom stereocenters. The molecule has 2 aromatic rings. The molecule has 0 saturated heterocycles. The number of anilines is 1. The fourth-order valence-electron chi connectivity index (χ4n) is 1.41. The molecule has 0 saturated carbocycles. The topological polar surface area (TPSA) is 103 Å². The second kappa shape index (κ2) is 6.10. The third kappa shape index (κ3) is 3.50. The van der Waals surface area contributed by atoms with Gasteiger partial charge in [-0.15, -0.1) is 0 Å². The van der Waals surface area contributed by atoms with Crippen LogP contribution in [0.1, 0.15) is 0 Å². The zero-order chi connectivity index (χ0) is 15.5. The molecule has 10 heteroatoms. The Kier molecular flexibility index (Phi) is 4.43. The third-order valence-corrected chi connectivity index (χ3v) is 4.11. The lowest BCUT2D eigenvalue weighted by atomic mass is 10.5. The second-order valence-electron chi connectivity index (χ2n) is 3.67. The van der Waals surface area contributed by atoms with Crippen LogP contribution in [0.5, 0.6) is 11.8 Å². The van der Waals surface area contributed by atoms with Gasteiger partial charge in [0.15, 0.2) is 0 Å². The van der Waals surface area contributed by atoms with E-state index in [2.05, 4.69) is 19.7 Å². The van der Waals surface area contributed by atoms with Crippen LogP contribution >= 0.6 is 11.6 Å². The summed E-state index contributed by atoms with van der Waals surface area (Å²) in [6, 6.07) is 4.18. The van der Waals surface area contributed by atoms with Crippen molar-refractivity contribution in [2.45, 2.75) is 4.90 Å². The average Bonchev–Trinajstić information content (AvgIpc) is 2.46. The second-order valence-corrected chi connectivity index (χ2v) is 5.68. The highest BCUT2D eigenvalue weighted by atomic mass is 35.5. The van der Waals surface area contributed by atoms with Gasteiger partial charge in [-0.05, 0) is 12.1 Å². The van der Waals surface area contributed by atoms with Gasteiger partial charge in [0.1, 0.15) is 10.0 Å². The monoisotopic (exact) mass is 330 g/mol. The van der Waals surface area contributed by atoms with Crippen molar-refractivity contribution >= 4 is 27.6 Å². The largest absolute Gasteiger partial charge is 0.481 e. The number of hydrogen-bond donors (Lipinski definition) is 1. The minimum absolute atomic E-state index is 0.150. The molecule has 0 bridgehead atoms. The SMILES string of the molecule is COc1cc(OC)nc(NS(=O)(=O)c2cccnc2Cl)n1. The van der Waals surface area contributed by atoms with Gasteiger partial charge in [0, 0.05) is 6.20 Å². The van der Waals surface area contributed by atoms with E-state index in [9.17, 15) is 8.42 Å². The van der Waals surface area contributed by atoms with Gasteiger partial charge in [-0.25, -0.2) is 18.1 Å². The molecule has 2 aromatic heterocycles. The van der Waals surface area contributed by atoms with Crippen molar-refractivity contribution in [1.82, 2.24) is 15.0 Å². The number of ether oxygens (including phenoxy) is 2. The lowest BCUT2D eigenvalue weighted by molar-refractivity contribution is 0.373. The van der Waals surface area contributed by atoms with Gasteiger partial charge >= 0.3 is 0 Å². The molecule has 112 valence electrons. The van der Waals surface area contributed by atoms with E-state index in [1.807, 2.05) is 0 Å². The molecule has 0 spiro atoms. The molecule has 21 heavy (non-hydrogen) atoms. The zero-order valence-electron chi connectivity index (χ0n) is 11.1. The number of pyridine rings is 1. The number of rotatable bonds is 5. The highest BCUT2D eigenvalue weighted by Crippen LogP contribution is 2.22. The summed E-state index contributed by atoms with van der Waals surface area (Å²) in [5.41, 5.74) is 0. The lowest BCUT2D eigenvalue weighted by Gasteiger charge is -2.09. The molecular weight excluding hydrogens is 320 g/mol. The fraction of sp³-hybridized carbons (Fsp3) is 0.182. The highest BCUT2D eigenvalue weighted by Gasteiger charge is 2.20. The number of hydrogen-bond acceptors (Lipinski definition) is 7. The fourth-order valence-corrected chi connectivity index (χ4v) is 2.80. The number of nitrogens with zero attached hydrogens (tertiary/aromatic N) is 3. The van der Waals surface area contributed by atoms with Crippen molar-refractivity contribution in [3.8, 4) is 11.8 Å². The maximum atomic E-state index is 12.2. The van der Waals surface area contributed by atoms with Crippen LogP contribution in [0.25, 0.3) is 0 Å². The number of halogens is 1. The highest BCUT2D eigenvalue weighted by molar-refractivity contribution is 7.92. The molecular formula is C11H11ClN4O4S. The van der Waals surface area contributed by atoms with Gasteiger partial charge in [0.05, 0.1) is 20.3 Å². The molecule has 0 amide bonds. The first-order valence-corrected chi connectivity index (χ1v) is 7.43. The Hall–Kier alpha value is -2.13. The molecule has 1 N–H and O–H groups in total. The van der Waals surface area contributed by atoms with E-state index in [-0.39, 0.29) is 27.8 Å². The molecule has 0 aliphatic carbocycles. The van der Waals surface area contributed by atoms with E-state index < -0.39 is 10.0 Å². The number of methoxy groups -OCH3 is 2. The van der Waals surface area contributed by atoms with Gasteiger partial charge in [-0.1, -0.05) is 11.6 Å². The zero-order valence-corrected chi connectivity index (χ0v) is 12.6. The van der Waals surface area contributed by atoms with Gasteiger partial charge in [0.25, 0.3) is 10.0 Å². The van der Waals surface area contributed by atoms with Crippen LogP contribution in [0, 0.1) is 0 Å². The third-order valence-electron chi connectivity index (χ3n) is 2.34.